The predicted octanol–water partition coefficient (Wildman–Crippen LogP) is 5.29. The van der Waals surface area contributed by atoms with Crippen LogP contribution in [0.4, 0.5) is 0 Å². The lowest BCUT2D eigenvalue weighted by Crippen LogP contribution is -2.31. The van der Waals surface area contributed by atoms with Gasteiger partial charge in [-0.05, 0) is 38.9 Å². The zero-order valence-corrected chi connectivity index (χ0v) is 13.0. The SMILES string of the molecule is C[Si](C)(C)OC1/C=C\CCCCCCCCC1. The van der Waals surface area contributed by atoms with Crippen molar-refractivity contribution in [1.29, 1.82) is 0 Å². The molecule has 0 aromatic carbocycles. The normalized spacial score (nSPS) is 26.9. The number of hydrogen-bond acceptors (Lipinski definition) is 1. The van der Waals surface area contributed by atoms with E-state index in [-0.39, 0.29) is 0 Å². The Bertz CT molecular complexity index is 217. The van der Waals surface area contributed by atoms with Gasteiger partial charge < -0.3 is 4.43 Å². The second-order valence-corrected chi connectivity index (χ2v) is 10.7. The van der Waals surface area contributed by atoms with E-state index in [1.54, 1.807) is 0 Å². The van der Waals surface area contributed by atoms with E-state index in [2.05, 4.69) is 31.8 Å². The van der Waals surface area contributed by atoms with Crippen LogP contribution in [0.15, 0.2) is 12.2 Å². The van der Waals surface area contributed by atoms with Crippen LogP contribution in [0.3, 0.4) is 0 Å². The molecule has 0 fully saturated rings. The van der Waals surface area contributed by atoms with E-state index in [1.807, 2.05) is 0 Å². The van der Waals surface area contributed by atoms with E-state index in [4.69, 9.17) is 4.43 Å². The Kier molecular flexibility index (Phi) is 7.13. The standard InChI is InChI=1S/C15H30OSi/c1-17(2,3)16-15-13-11-9-7-5-4-6-8-10-12-14-15/h11,13,15H,4-10,12,14H2,1-3H3/b13-11-. The minimum atomic E-state index is -1.39. The fourth-order valence-electron chi connectivity index (χ4n) is 2.39. The molecule has 0 amide bonds. The van der Waals surface area contributed by atoms with Crippen LogP contribution >= 0.6 is 0 Å². The van der Waals surface area contributed by atoms with E-state index < -0.39 is 8.32 Å². The fraction of sp³-hybridized carbons (Fsp3) is 0.867. The molecule has 100 valence electrons. The summed E-state index contributed by atoms with van der Waals surface area (Å²) in [5, 5.41) is 0. The zero-order chi connectivity index (χ0) is 12.6. The third-order valence-corrected chi connectivity index (χ3v) is 4.22. The number of rotatable bonds is 2. The van der Waals surface area contributed by atoms with Crippen molar-refractivity contribution < 1.29 is 4.43 Å². The lowest BCUT2D eigenvalue weighted by atomic mass is 10.0. The van der Waals surface area contributed by atoms with Crippen molar-refractivity contribution in [2.45, 2.75) is 83.5 Å². The van der Waals surface area contributed by atoms with Crippen LogP contribution in [0.5, 0.6) is 0 Å². The fourth-order valence-corrected chi connectivity index (χ4v) is 3.49. The summed E-state index contributed by atoms with van der Waals surface area (Å²) < 4.78 is 6.23. The second kappa shape index (κ2) is 8.10. The lowest BCUT2D eigenvalue weighted by molar-refractivity contribution is 0.225. The Morgan fingerprint density at radius 3 is 2.12 bits per heavy atom. The highest BCUT2D eigenvalue weighted by Crippen LogP contribution is 2.17. The Balaban J connectivity index is 2.43. The van der Waals surface area contributed by atoms with Crippen LogP contribution in [0.25, 0.3) is 0 Å². The van der Waals surface area contributed by atoms with Crippen LogP contribution in [0.1, 0.15) is 57.8 Å². The average Bonchev–Trinajstić information content (AvgIpc) is 2.20. The minimum absolute atomic E-state index is 0.390. The molecule has 2 heteroatoms. The van der Waals surface area contributed by atoms with Gasteiger partial charge in [-0.1, -0.05) is 50.7 Å². The van der Waals surface area contributed by atoms with Gasteiger partial charge in [-0.15, -0.1) is 0 Å². The van der Waals surface area contributed by atoms with Crippen LogP contribution in [-0.4, -0.2) is 14.4 Å². The third-order valence-electron chi connectivity index (χ3n) is 3.22. The van der Waals surface area contributed by atoms with Gasteiger partial charge in [-0.2, -0.15) is 0 Å². The second-order valence-electron chi connectivity index (χ2n) is 6.25. The summed E-state index contributed by atoms with van der Waals surface area (Å²) >= 11 is 0. The molecule has 0 radical (unpaired) electrons. The van der Waals surface area contributed by atoms with Crippen LogP contribution in [-0.2, 0) is 4.43 Å². The van der Waals surface area contributed by atoms with Crippen molar-refractivity contribution in [3.8, 4) is 0 Å². The molecule has 1 rings (SSSR count). The Morgan fingerprint density at radius 2 is 1.47 bits per heavy atom. The van der Waals surface area contributed by atoms with Gasteiger partial charge in [-0.3, -0.25) is 0 Å². The molecule has 0 N–H and O–H groups in total. The quantitative estimate of drug-likeness (QED) is 0.481. The molecule has 0 aromatic heterocycles. The summed E-state index contributed by atoms with van der Waals surface area (Å²) in [6, 6.07) is 0. The lowest BCUT2D eigenvalue weighted by Gasteiger charge is -2.24. The first-order valence-corrected chi connectivity index (χ1v) is 10.8. The molecule has 0 saturated carbocycles. The van der Waals surface area contributed by atoms with Crippen molar-refractivity contribution in [1.82, 2.24) is 0 Å². The zero-order valence-electron chi connectivity index (χ0n) is 12.0. The number of hydrogen-bond donors (Lipinski definition) is 0. The maximum atomic E-state index is 6.23. The van der Waals surface area contributed by atoms with E-state index in [0.717, 1.165) is 0 Å². The van der Waals surface area contributed by atoms with Crippen LogP contribution < -0.4 is 0 Å². The van der Waals surface area contributed by atoms with Crippen molar-refractivity contribution in [3.63, 3.8) is 0 Å². The molecule has 0 bridgehead atoms. The molecule has 0 heterocycles. The van der Waals surface area contributed by atoms with Gasteiger partial charge in [0.2, 0.25) is 0 Å². The highest BCUT2D eigenvalue weighted by Gasteiger charge is 2.19. The molecule has 1 unspecified atom stereocenters. The molecule has 1 aliphatic carbocycles. The molecule has 0 saturated heterocycles. The van der Waals surface area contributed by atoms with Gasteiger partial charge in [0.25, 0.3) is 0 Å². The van der Waals surface area contributed by atoms with Gasteiger partial charge in [0.15, 0.2) is 8.32 Å². The van der Waals surface area contributed by atoms with E-state index in [0.29, 0.717) is 6.10 Å². The van der Waals surface area contributed by atoms with Gasteiger partial charge in [0.1, 0.15) is 0 Å². The van der Waals surface area contributed by atoms with Gasteiger partial charge in [0.05, 0.1) is 6.10 Å². The first-order chi connectivity index (χ1) is 8.08. The summed E-state index contributed by atoms with van der Waals surface area (Å²) in [5.74, 6) is 0. The van der Waals surface area contributed by atoms with Crippen LogP contribution in [0, 0.1) is 0 Å². The van der Waals surface area contributed by atoms with Gasteiger partial charge in [-0.25, -0.2) is 0 Å². The molecule has 0 spiro atoms. The Morgan fingerprint density at radius 1 is 0.882 bits per heavy atom. The molecule has 17 heavy (non-hydrogen) atoms. The van der Waals surface area contributed by atoms with Crippen molar-refractivity contribution >= 4 is 8.32 Å². The van der Waals surface area contributed by atoms with Crippen molar-refractivity contribution in [2.24, 2.45) is 0 Å². The highest BCUT2D eigenvalue weighted by atomic mass is 28.4. The molecular formula is C15H30OSi. The summed E-state index contributed by atoms with van der Waals surface area (Å²) in [4.78, 5) is 0. The van der Waals surface area contributed by atoms with Crippen molar-refractivity contribution in [3.05, 3.63) is 12.2 Å². The van der Waals surface area contributed by atoms with Crippen molar-refractivity contribution in [2.75, 3.05) is 0 Å². The highest BCUT2D eigenvalue weighted by molar-refractivity contribution is 6.69. The molecule has 1 aliphatic rings. The molecule has 0 aliphatic heterocycles. The monoisotopic (exact) mass is 254 g/mol. The maximum Gasteiger partial charge on any atom is 0.184 e. The minimum Gasteiger partial charge on any atom is -0.411 e. The molecule has 1 atom stereocenters. The van der Waals surface area contributed by atoms with Crippen LogP contribution in [0.2, 0.25) is 19.6 Å². The maximum absolute atomic E-state index is 6.23. The predicted molar refractivity (Wildman–Crippen MR) is 78.9 cm³/mol. The van der Waals surface area contributed by atoms with E-state index >= 15 is 0 Å². The number of allylic oxidation sites excluding steroid dienone is 1. The van der Waals surface area contributed by atoms with Gasteiger partial charge >= 0.3 is 0 Å². The first-order valence-electron chi connectivity index (χ1n) is 7.42. The molecule has 0 aromatic rings. The summed E-state index contributed by atoms with van der Waals surface area (Å²) in [5.41, 5.74) is 0. The summed E-state index contributed by atoms with van der Waals surface area (Å²) in [6.45, 7) is 6.87. The van der Waals surface area contributed by atoms with Gasteiger partial charge in [0, 0.05) is 0 Å². The molecule has 1 nitrogen and oxygen atoms in total. The van der Waals surface area contributed by atoms with E-state index in [9.17, 15) is 0 Å². The largest absolute Gasteiger partial charge is 0.411 e. The Labute approximate surface area is 109 Å². The average molecular weight is 254 g/mol. The summed E-state index contributed by atoms with van der Waals surface area (Å²) in [6.07, 6.45) is 17.3. The first kappa shape index (κ1) is 15.0. The summed E-state index contributed by atoms with van der Waals surface area (Å²) in [7, 11) is -1.39. The Hall–Kier alpha value is -0.0831. The third kappa shape index (κ3) is 8.61. The smallest absolute Gasteiger partial charge is 0.184 e. The topological polar surface area (TPSA) is 9.23 Å². The van der Waals surface area contributed by atoms with E-state index in [1.165, 1.54) is 57.8 Å². The molecular weight excluding hydrogens is 224 g/mol.